The molecule has 0 fully saturated rings. The van der Waals surface area contributed by atoms with E-state index in [1.54, 1.807) is 46.4 Å². The molecular weight excluding hydrogens is 806 g/mol. The number of fused-ring (bicyclic) bond motifs is 6. The van der Waals surface area contributed by atoms with Gasteiger partial charge in [0.25, 0.3) is 0 Å². The van der Waals surface area contributed by atoms with Crippen molar-refractivity contribution in [3.05, 3.63) is 97.5 Å². The van der Waals surface area contributed by atoms with Gasteiger partial charge in [0.2, 0.25) is 0 Å². The largest absolute Gasteiger partial charge is 0.451 e. The number of thiophene rings is 2. The van der Waals surface area contributed by atoms with Crippen molar-refractivity contribution in [2.75, 3.05) is 0 Å². The van der Waals surface area contributed by atoms with Crippen LogP contribution in [0.5, 0.6) is 0 Å². The number of halogens is 4. The molecule has 0 aliphatic rings. The summed E-state index contributed by atoms with van der Waals surface area (Å²) >= 11 is 27.9. The van der Waals surface area contributed by atoms with Gasteiger partial charge in [0, 0.05) is 16.1 Å². The van der Waals surface area contributed by atoms with E-state index < -0.39 is 10.1 Å². The normalized spacial score (nSPS) is 12.8. The van der Waals surface area contributed by atoms with E-state index in [4.69, 9.17) is 65.4 Å². The summed E-state index contributed by atoms with van der Waals surface area (Å²) in [5, 5.41) is 13.5. The molecule has 2 aromatic carbocycles. The predicted octanol–water partition coefficient (Wildman–Crippen LogP) is 12.9. The van der Waals surface area contributed by atoms with E-state index in [0.717, 1.165) is 82.6 Å². The fourth-order valence-electron chi connectivity index (χ4n) is 6.07. The minimum Gasteiger partial charge on any atom is -0.451 e. The first kappa shape index (κ1) is 35.4. The molecule has 6 aromatic heterocycles. The second kappa shape index (κ2) is 14.3. The van der Waals surface area contributed by atoms with Crippen molar-refractivity contribution in [3.8, 4) is 11.4 Å². The summed E-state index contributed by atoms with van der Waals surface area (Å²) in [7, 11) is -4.40. The monoisotopic (exact) mass is 830 g/mol. The Hall–Kier alpha value is -3.59. The molecule has 266 valence electrons. The molecule has 0 atom stereocenters. The van der Waals surface area contributed by atoms with E-state index in [-0.39, 0.29) is 4.21 Å². The lowest BCUT2D eigenvalue weighted by molar-refractivity contribution is 0.485. The van der Waals surface area contributed by atoms with E-state index in [2.05, 4.69) is 12.2 Å². The van der Waals surface area contributed by atoms with Crippen LogP contribution >= 0.6 is 69.1 Å². The molecule has 9 nitrogen and oxygen atoms in total. The maximum absolute atomic E-state index is 11.8. The summed E-state index contributed by atoms with van der Waals surface area (Å²) < 4.78 is 50.3. The van der Waals surface area contributed by atoms with Crippen molar-refractivity contribution in [3.63, 3.8) is 0 Å². The summed E-state index contributed by atoms with van der Waals surface area (Å²) in [5.41, 5.74) is 6.44. The Balaban J connectivity index is 0.911. The number of nitrogens with zero attached hydrogens (tertiary/aromatic N) is 4. The number of hydrogen-bond donors (Lipinski definition) is 1. The topological polar surface area (TPSA) is 116 Å². The van der Waals surface area contributed by atoms with Crippen molar-refractivity contribution in [2.24, 2.45) is 0 Å². The molecule has 0 saturated heterocycles. The first-order valence-corrected chi connectivity index (χ1v) is 20.8. The Morgan fingerprint density at radius 3 is 1.79 bits per heavy atom. The number of rotatable bonds is 12. The van der Waals surface area contributed by atoms with Gasteiger partial charge in [0.15, 0.2) is 15.4 Å². The van der Waals surface area contributed by atoms with Crippen molar-refractivity contribution in [2.45, 2.75) is 42.7 Å². The fraction of sp³-hybridized carbons (Fsp3) is 0.167. The third-order valence-corrected chi connectivity index (χ3v) is 12.9. The van der Waals surface area contributed by atoms with Crippen LogP contribution in [0.1, 0.15) is 49.9 Å². The molecule has 8 aromatic rings. The first-order chi connectivity index (χ1) is 25.1. The molecule has 0 amide bonds. The van der Waals surface area contributed by atoms with Crippen LogP contribution in [0.25, 0.3) is 66.3 Å². The zero-order chi connectivity index (χ0) is 36.1. The van der Waals surface area contributed by atoms with E-state index in [9.17, 15) is 13.0 Å². The maximum Gasteiger partial charge on any atom is 0.304 e. The van der Waals surface area contributed by atoms with E-state index >= 15 is 0 Å². The summed E-state index contributed by atoms with van der Waals surface area (Å²) in [6.45, 7) is 0. The van der Waals surface area contributed by atoms with Crippen LogP contribution in [0.3, 0.4) is 0 Å². The van der Waals surface area contributed by atoms with Crippen molar-refractivity contribution in [1.29, 1.82) is 0 Å². The number of benzene rings is 2. The third-order valence-electron chi connectivity index (χ3n) is 8.47. The number of aromatic nitrogens is 4. The van der Waals surface area contributed by atoms with Crippen LogP contribution in [0.4, 0.5) is 0 Å². The molecule has 1 N–H and O–H groups in total. The Labute approximate surface area is 325 Å². The molecule has 0 radical (unpaired) electrons. The average Bonchev–Trinajstić information content (AvgIpc) is 3.92. The lowest BCUT2D eigenvalue weighted by Gasteiger charge is -2.05. The lowest BCUT2D eigenvalue weighted by Crippen LogP contribution is -1.97. The van der Waals surface area contributed by atoms with Gasteiger partial charge in [-0.3, -0.25) is 4.55 Å². The molecule has 0 aliphatic carbocycles. The van der Waals surface area contributed by atoms with Crippen molar-refractivity contribution in [1.82, 2.24) is 19.6 Å². The molecule has 0 saturated carbocycles. The van der Waals surface area contributed by atoms with E-state index in [1.165, 1.54) is 6.07 Å². The lowest BCUT2D eigenvalue weighted by atomic mass is 10.1. The van der Waals surface area contributed by atoms with Gasteiger partial charge in [0.05, 0.1) is 26.1 Å². The van der Waals surface area contributed by atoms with Gasteiger partial charge in [-0.15, -0.1) is 22.7 Å². The molecule has 6 heterocycles. The molecule has 16 heteroatoms. The van der Waals surface area contributed by atoms with Crippen molar-refractivity contribution >= 4 is 134 Å². The Kier molecular flexibility index (Phi) is 9.77. The molecule has 52 heavy (non-hydrogen) atoms. The van der Waals surface area contributed by atoms with Crippen molar-refractivity contribution < 1.29 is 21.8 Å². The van der Waals surface area contributed by atoms with Gasteiger partial charge < -0.3 is 8.83 Å². The predicted molar refractivity (Wildman–Crippen MR) is 213 cm³/mol. The fourth-order valence-corrected chi connectivity index (χ4v) is 9.67. The van der Waals surface area contributed by atoms with Gasteiger partial charge in [0.1, 0.15) is 38.3 Å². The van der Waals surface area contributed by atoms with E-state index in [1.807, 2.05) is 34.3 Å². The summed E-state index contributed by atoms with van der Waals surface area (Å²) in [4.78, 5) is 0. The summed E-state index contributed by atoms with van der Waals surface area (Å²) in [5.74, 6) is 0. The number of hydrogen-bond acceptors (Lipinski definition) is 8. The number of unbranched alkanes of at least 4 members (excludes halogenated alkanes) is 5. The van der Waals surface area contributed by atoms with E-state index in [0.29, 0.717) is 52.9 Å². The van der Waals surface area contributed by atoms with Crippen LogP contribution in [0.15, 0.2) is 79.1 Å². The standard InChI is InChI=1S/C36H26Cl4N4O5S3/c37-20-11-13-26(22(39)17-20)43-31-33(48-28-15-16-50-35(28)31)24(41-43)9-7-5-3-1-2-4-6-8-10-25-34-32(36-29(49-34)19-30(51-36)52(45,46)47)44(42-25)27-14-12-21(38)18-23(27)40/h7-19H,1-6H2,(H,45,46,47)/b9-7+,10-8+. The SMILES string of the molecule is O=S(=O)(O)c1cc2oc3c(/C=C/CCCCCC/C=C/c4nn(-c5ccc(Cl)cc5Cl)c5c4oc4ccsc45)nn(-c4ccc(Cl)cc4Cl)c3c2s1. The smallest absolute Gasteiger partial charge is 0.304 e. The molecule has 0 bridgehead atoms. The second-order valence-corrected chi connectivity index (χ2v) is 17.3. The zero-order valence-corrected chi connectivity index (χ0v) is 32.3. The quantitative estimate of drug-likeness (QED) is 0.0962. The Bertz CT molecular complexity index is 2800. The number of furan rings is 2. The first-order valence-electron chi connectivity index (χ1n) is 16.1. The second-order valence-electron chi connectivity index (χ2n) is 12.0. The highest BCUT2D eigenvalue weighted by Crippen LogP contribution is 2.41. The highest BCUT2D eigenvalue weighted by atomic mass is 35.5. The van der Waals surface area contributed by atoms with Crippen LogP contribution in [0.2, 0.25) is 20.1 Å². The van der Waals surface area contributed by atoms with Crippen LogP contribution in [-0.2, 0) is 10.1 Å². The van der Waals surface area contributed by atoms with Crippen LogP contribution in [-0.4, -0.2) is 32.5 Å². The molecule has 0 spiro atoms. The van der Waals surface area contributed by atoms with Gasteiger partial charge in [-0.2, -0.15) is 18.6 Å². The Morgan fingerprint density at radius 1 is 0.712 bits per heavy atom. The van der Waals surface area contributed by atoms with Crippen LogP contribution < -0.4 is 0 Å². The van der Waals surface area contributed by atoms with Gasteiger partial charge in [-0.25, -0.2) is 9.36 Å². The minimum absolute atomic E-state index is 0.212. The summed E-state index contributed by atoms with van der Waals surface area (Å²) in [6, 6.07) is 13.7. The van der Waals surface area contributed by atoms with Crippen LogP contribution in [0, 0.1) is 0 Å². The zero-order valence-electron chi connectivity index (χ0n) is 26.9. The molecule has 8 rings (SSSR count). The summed E-state index contributed by atoms with van der Waals surface area (Å²) in [6.07, 6.45) is 14.0. The molecular formula is C36H26Cl4N4O5S3. The van der Waals surface area contributed by atoms with Gasteiger partial charge in [-0.05, 0) is 85.7 Å². The third kappa shape index (κ3) is 6.71. The molecule has 0 aliphatic heterocycles. The van der Waals surface area contributed by atoms with Gasteiger partial charge >= 0.3 is 10.1 Å². The highest BCUT2D eigenvalue weighted by molar-refractivity contribution is 7.88. The Morgan fingerprint density at radius 2 is 1.25 bits per heavy atom. The number of allylic oxidation sites excluding steroid dienone is 2. The van der Waals surface area contributed by atoms with Gasteiger partial charge in [-0.1, -0.05) is 71.4 Å². The molecule has 0 unspecified atom stereocenters. The minimum atomic E-state index is -4.40. The maximum atomic E-state index is 11.8. The highest BCUT2D eigenvalue weighted by Gasteiger charge is 2.25. The average molecular weight is 833 g/mol.